The molecule has 0 spiro atoms. The van der Waals surface area contributed by atoms with Crippen molar-refractivity contribution in [3.63, 3.8) is 0 Å². The molecule has 11 heavy (non-hydrogen) atoms. The first-order chi connectivity index (χ1) is 5.34. The molecule has 2 rings (SSSR count). The Hall–Kier alpha value is 0. The lowest BCUT2D eigenvalue weighted by atomic mass is 9.78. The maximum Gasteiger partial charge on any atom is -0.0409 e. The molecule has 0 saturated heterocycles. The van der Waals surface area contributed by atoms with Crippen LogP contribution in [0.2, 0.25) is 0 Å². The Morgan fingerprint density at radius 3 is 2.27 bits per heavy atom. The highest BCUT2D eigenvalue weighted by molar-refractivity contribution is 4.78. The fourth-order valence-corrected chi connectivity index (χ4v) is 2.74. The van der Waals surface area contributed by atoms with E-state index in [4.69, 9.17) is 0 Å². The van der Waals surface area contributed by atoms with Crippen LogP contribution in [0.1, 0.15) is 51.9 Å². The Kier molecular flexibility index (Phi) is 2.20. The Bertz CT molecular complexity index is 124. The van der Waals surface area contributed by atoms with Gasteiger partial charge in [0, 0.05) is 0 Å². The van der Waals surface area contributed by atoms with Gasteiger partial charge in [-0.3, -0.25) is 0 Å². The molecule has 0 amide bonds. The molecule has 64 valence electrons. The van der Waals surface area contributed by atoms with Crippen LogP contribution in [-0.2, 0) is 0 Å². The van der Waals surface area contributed by atoms with Gasteiger partial charge in [0.2, 0.25) is 0 Å². The summed E-state index contributed by atoms with van der Waals surface area (Å²) in [4.78, 5) is 0. The maximum absolute atomic E-state index is 2.42. The molecule has 0 aliphatic heterocycles. The van der Waals surface area contributed by atoms with Crippen molar-refractivity contribution in [2.45, 2.75) is 51.9 Å². The smallest absolute Gasteiger partial charge is 0.0409 e. The predicted octanol–water partition coefficient (Wildman–Crippen LogP) is 3.61. The lowest BCUT2D eigenvalue weighted by Crippen LogP contribution is -2.14. The van der Waals surface area contributed by atoms with Gasteiger partial charge in [-0.25, -0.2) is 0 Å². The van der Waals surface area contributed by atoms with Crippen LogP contribution in [0.3, 0.4) is 0 Å². The van der Waals surface area contributed by atoms with E-state index >= 15 is 0 Å². The zero-order valence-corrected chi connectivity index (χ0v) is 7.68. The van der Waals surface area contributed by atoms with Gasteiger partial charge >= 0.3 is 0 Å². The first-order valence-electron chi connectivity index (χ1n) is 5.34. The van der Waals surface area contributed by atoms with Crippen molar-refractivity contribution in [1.29, 1.82) is 0 Å². The van der Waals surface area contributed by atoms with Crippen LogP contribution in [0, 0.1) is 17.8 Å². The lowest BCUT2D eigenvalue weighted by Gasteiger charge is -2.27. The summed E-state index contributed by atoms with van der Waals surface area (Å²) in [5, 5.41) is 0. The molecule has 2 aliphatic carbocycles. The van der Waals surface area contributed by atoms with Gasteiger partial charge in [-0.05, 0) is 30.6 Å². The molecule has 0 aromatic carbocycles. The van der Waals surface area contributed by atoms with E-state index in [0.29, 0.717) is 0 Å². The molecular formula is C11H20. The van der Waals surface area contributed by atoms with Gasteiger partial charge in [0.15, 0.2) is 0 Å². The second-order valence-electron chi connectivity index (χ2n) is 4.82. The van der Waals surface area contributed by atoms with E-state index < -0.39 is 0 Å². The molecule has 0 aromatic heterocycles. The van der Waals surface area contributed by atoms with Crippen molar-refractivity contribution in [3.05, 3.63) is 0 Å². The summed E-state index contributed by atoms with van der Waals surface area (Å²) in [5.74, 6) is 3.31. The number of rotatable bonds is 2. The van der Waals surface area contributed by atoms with E-state index in [-0.39, 0.29) is 0 Å². The third-order valence-electron chi connectivity index (χ3n) is 3.69. The summed E-state index contributed by atoms with van der Waals surface area (Å²) in [5.41, 5.74) is 0. The average Bonchev–Trinajstić information content (AvgIpc) is 2.27. The molecule has 0 bridgehead atoms. The highest BCUT2D eigenvalue weighted by Crippen LogP contribution is 2.39. The summed E-state index contributed by atoms with van der Waals surface area (Å²) in [7, 11) is 0. The molecule has 2 atom stereocenters. The van der Waals surface area contributed by atoms with Gasteiger partial charge in [0.1, 0.15) is 0 Å². The normalized spacial score (nSPS) is 39.0. The standard InChI is InChI=1S/C11H20/c1-9-5-6-11(7-9)8-10-3-2-4-10/h9-11H,2-8H2,1H3. The minimum atomic E-state index is 1.04. The highest BCUT2D eigenvalue weighted by atomic mass is 14.3. The van der Waals surface area contributed by atoms with E-state index in [9.17, 15) is 0 Å². The monoisotopic (exact) mass is 152 g/mol. The van der Waals surface area contributed by atoms with Gasteiger partial charge < -0.3 is 0 Å². The van der Waals surface area contributed by atoms with E-state index in [0.717, 1.165) is 17.8 Å². The van der Waals surface area contributed by atoms with Crippen LogP contribution in [0.5, 0.6) is 0 Å². The van der Waals surface area contributed by atoms with Crippen molar-refractivity contribution in [2.24, 2.45) is 17.8 Å². The molecule has 0 nitrogen and oxygen atoms in total. The van der Waals surface area contributed by atoms with Gasteiger partial charge in [0.05, 0.1) is 0 Å². The molecule has 0 aromatic rings. The average molecular weight is 152 g/mol. The van der Waals surface area contributed by atoms with Gasteiger partial charge in [-0.1, -0.05) is 39.0 Å². The van der Waals surface area contributed by atoms with Crippen LogP contribution in [0.25, 0.3) is 0 Å². The molecule has 2 unspecified atom stereocenters. The van der Waals surface area contributed by atoms with Gasteiger partial charge in [0.25, 0.3) is 0 Å². The Balaban J connectivity index is 1.70. The number of hydrogen-bond acceptors (Lipinski definition) is 0. The topological polar surface area (TPSA) is 0 Å². The zero-order valence-electron chi connectivity index (χ0n) is 7.68. The molecule has 2 fully saturated rings. The predicted molar refractivity (Wildman–Crippen MR) is 48.5 cm³/mol. The minimum Gasteiger partial charge on any atom is -0.0625 e. The molecule has 0 heterocycles. The van der Waals surface area contributed by atoms with Crippen molar-refractivity contribution in [1.82, 2.24) is 0 Å². The van der Waals surface area contributed by atoms with Gasteiger partial charge in [-0.2, -0.15) is 0 Å². The van der Waals surface area contributed by atoms with Crippen LogP contribution in [-0.4, -0.2) is 0 Å². The van der Waals surface area contributed by atoms with Crippen molar-refractivity contribution in [3.8, 4) is 0 Å². The summed E-state index contributed by atoms with van der Waals surface area (Å²) in [6.45, 7) is 2.42. The molecule has 2 aliphatic rings. The van der Waals surface area contributed by atoms with Crippen molar-refractivity contribution < 1.29 is 0 Å². The largest absolute Gasteiger partial charge is 0.0625 e. The van der Waals surface area contributed by atoms with Crippen molar-refractivity contribution in [2.75, 3.05) is 0 Å². The third kappa shape index (κ3) is 1.77. The zero-order chi connectivity index (χ0) is 7.68. The molecule has 0 heteroatoms. The quantitative estimate of drug-likeness (QED) is 0.567. The third-order valence-corrected chi connectivity index (χ3v) is 3.69. The highest BCUT2D eigenvalue weighted by Gasteiger charge is 2.26. The Morgan fingerprint density at radius 1 is 1.00 bits per heavy atom. The summed E-state index contributed by atoms with van der Waals surface area (Å²) < 4.78 is 0. The van der Waals surface area contributed by atoms with E-state index in [1.165, 1.54) is 25.7 Å². The SMILES string of the molecule is CC1CCC(CC2CCC2)C1. The lowest BCUT2D eigenvalue weighted by molar-refractivity contribution is 0.248. The summed E-state index contributed by atoms with van der Waals surface area (Å²) in [6, 6.07) is 0. The van der Waals surface area contributed by atoms with Crippen LogP contribution >= 0.6 is 0 Å². The van der Waals surface area contributed by atoms with Crippen LogP contribution in [0.15, 0.2) is 0 Å². The molecule has 0 radical (unpaired) electrons. The van der Waals surface area contributed by atoms with E-state index in [2.05, 4.69) is 6.92 Å². The maximum atomic E-state index is 2.42. The van der Waals surface area contributed by atoms with Crippen LogP contribution < -0.4 is 0 Å². The van der Waals surface area contributed by atoms with Gasteiger partial charge in [-0.15, -0.1) is 0 Å². The Morgan fingerprint density at radius 2 is 1.82 bits per heavy atom. The van der Waals surface area contributed by atoms with E-state index in [1.54, 1.807) is 19.3 Å². The fraction of sp³-hybridized carbons (Fsp3) is 1.00. The summed E-state index contributed by atoms with van der Waals surface area (Å²) >= 11 is 0. The molecule has 0 N–H and O–H groups in total. The minimum absolute atomic E-state index is 1.04. The second-order valence-corrected chi connectivity index (χ2v) is 4.82. The molecule has 2 saturated carbocycles. The first-order valence-corrected chi connectivity index (χ1v) is 5.34. The summed E-state index contributed by atoms with van der Waals surface area (Å²) in [6.07, 6.45) is 10.8. The van der Waals surface area contributed by atoms with Crippen molar-refractivity contribution >= 4 is 0 Å². The van der Waals surface area contributed by atoms with Crippen LogP contribution in [0.4, 0.5) is 0 Å². The number of hydrogen-bond donors (Lipinski definition) is 0. The molecular weight excluding hydrogens is 132 g/mol. The second kappa shape index (κ2) is 3.16. The first kappa shape index (κ1) is 7.64. The Labute approximate surface area is 70.4 Å². The fourth-order valence-electron chi connectivity index (χ4n) is 2.74. The van der Waals surface area contributed by atoms with E-state index in [1.807, 2.05) is 0 Å².